The number of pyridine rings is 1. The molecule has 0 aliphatic heterocycles. The molecule has 0 unspecified atom stereocenters. The second-order valence-corrected chi connectivity index (χ2v) is 2.67. The van der Waals surface area contributed by atoms with Crippen molar-refractivity contribution in [3.05, 3.63) is 17.3 Å². The van der Waals surface area contributed by atoms with Crippen LogP contribution in [0, 0.1) is 0 Å². The predicted molar refractivity (Wildman–Crippen MR) is 48.7 cm³/mol. The molecule has 15 heavy (non-hydrogen) atoms. The van der Waals surface area contributed by atoms with Crippen LogP contribution in [-0.2, 0) is 0 Å². The first kappa shape index (κ1) is 11.2. The van der Waals surface area contributed by atoms with Gasteiger partial charge < -0.3 is 16.2 Å². The smallest absolute Gasteiger partial charge is 0.271 e. The van der Waals surface area contributed by atoms with Gasteiger partial charge in [0.15, 0.2) is 0 Å². The Kier molecular flexibility index (Phi) is 3.03. The monoisotopic (exact) mass is 217 g/mol. The molecule has 0 aliphatic rings. The van der Waals surface area contributed by atoms with Gasteiger partial charge in [-0.3, -0.25) is 4.79 Å². The van der Waals surface area contributed by atoms with Crippen molar-refractivity contribution in [1.82, 2.24) is 4.98 Å². The molecule has 1 rings (SSSR count). The van der Waals surface area contributed by atoms with Crippen LogP contribution < -0.4 is 16.2 Å². The van der Waals surface area contributed by atoms with Crippen molar-refractivity contribution >= 4 is 11.7 Å². The number of hydrogen-bond acceptors (Lipinski definition) is 4. The van der Waals surface area contributed by atoms with Crippen LogP contribution in [0.15, 0.2) is 6.20 Å². The maximum Gasteiger partial charge on any atom is 0.271 e. The van der Waals surface area contributed by atoms with Crippen LogP contribution in [0.1, 0.15) is 22.3 Å². The van der Waals surface area contributed by atoms with Crippen molar-refractivity contribution in [2.75, 3.05) is 12.8 Å². The number of primary amides is 1. The van der Waals surface area contributed by atoms with Crippen LogP contribution in [0.5, 0.6) is 5.75 Å². The van der Waals surface area contributed by atoms with Gasteiger partial charge in [0.1, 0.15) is 22.7 Å². The minimum atomic E-state index is -2.88. The van der Waals surface area contributed by atoms with Crippen LogP contribution in [0.3, 0.4) is 0 Å². The zero-order valence-corrected chi connectivity index (χ0v) is 7.83. The molecule has 0 saturated heterocycles. The Morgan fingerprint density at radius 1 is 1.60 bits per heavy atom. The Hall–Kier alpha value is -1.92. The normalized spacial score (nSPS) is 10.4. The molecule has 1 aromatic rings. The Labute approximate surface area is 84.0 Å². The number of anilines is 1. The zero-order valence-electron chi connectivity index (χ0n) is 7.83. The minimum Gasteiger partial charge on any atom is -0.495 e. The first-order chi connectivity index (χ1) is 6.99. The third-order valence-corrected chi connectivity index (χ3v) is 1.79. The first-order valence-electron chi connectivity index (χ1n) is 3.89. The largest absolute Gasteiger partial charge is 0.495 e. The number of alkyl halides is 2. The number of aromatic nitrogens is 1. The van der Waals surface area contributed by atoms with E-state index in [9.17, 15) is 13.6 Å². The predicted octanol–water partition coefficient (Wildman–Crippen LogP) is 0.709. The summed E-state index contributed by atoms with van der Waals surface area (Å²) >= 11 is 0. The van der Waals surface area contributed by atoms with E-state index in [4.69, 9.17) is 11.5 Å². The Morgan fingerprint density at radius 2 is 2.20 bits per heavy atom. The van der Waals surface area contributed by atoms with Gasteiger partial charge in [-0.25, -0.2) is 13.8 Å². The maximum absolute atomic E-state index is 12.6. The highest BCUT2D eigenvalue weighted by atomic mass is 19.3. The Balaban J connectivity index is 3.47. The summed E-state index contributed by atoms with van der Waals surface area (Å²) in [5.74, 6) is -1.61. The lowest BCUT2D eigenvalue weighted by atomic mass is 10.1. The summed E-state index contributed by atoms with van der Waals surface area (Å²) in [6, 6.07) is 0. The van der Waals surface area contributed by atoms with Gasteiger partial charge in [0, 0.05) is 6.20 Å². The van der Waals surface area contributed by atoms with E-state index in [2.05, 4.69) is 9.72 Å². The van der Waals surface area contributed by atoms with Crippen molar-refractivity contribution < 1.29 is 18.3 Å². The van der Waals surface area contributed by atoms with Crippen molar-refractivity contribution in [2.24, 2.45) is 5.73 Å². The van der Waals surface area contributed by atoms with E-state index in [0.29, 0.717) is 0 Å². The number of rotatable bonds is 3. The highest BCUT2D eigenvalue weighted by Gasteiger charge is 2.23. The molecule has 5 nitrogen and oxygen atoms in total. The van der Waals surface area contributed by atoms with Crippen molar-refractivity contribution in [1.29, 1.82) is 0 Å². The number of ether oxygens (including phenoxy) is 1. The number of nitrogen functional groups attached to an aromatic ring is 1. The molecule has 1 aromatic heterocycles. The first-order valence-corrected chi connectivity index (χ1v) is 3.89. The lowest BCUT2D eigenvalue weighted by molar-refractivity contribution is 0.0995. The van der Waals surface area contributed by atoms with Gasteiger partial charge in [-0.15, -0.1) is 0 Å². The maximum atomic E-state index is 12.6. The molecule has 82 valence electrons. The lowest BCUT2D eigenvalue weighted by Crippen LogP contribution is -2.15. The number of halogens is 2. The molecular formula is C8H9F2N3O2. The number of amides is 1. The number of nitrogens with zero attached hydrogens (tertiary/aromatic N) is 1. The van der Waals surface area contributed by atoms with Gasteiger partial charge in [-0.05, 0) is 0 Å². The summed E-state index contributed by atoms with van der Waals surface area (Å²) in [5, 5.41) is 0. The number of hydrogen-bond donors (Lipinski definition) is 2. The zero-order chi connectivity index (χ0) is 11.6. The van der Waals surface area contributed by atoms with E-state index in [1.54, 1.807) is 0 Å². The van der Waals surface area contributed by atoms with Gasteiger partial charge >= 0.3 is 0 Å². The number of methoxy groups -OCH3 is 1. The average Bonchev–Trinajstić information content (AvgIpc) is 2.15. The lowest BCUT2D eigenvalue weighted by Gasteiger charge is -2.12. The molecule has 0 bridgehead atoms. The van der Waals surface area contributed by atoms with Crippen molar-refractivity contribution in [3.8, 4) is 5.75 Å². The molecule has 0 saturated carbocycles. The molecule has 0 aromatic carbocycles. The van der Waals surface area contributed by atoms with Crippen LogP contribution in [-0.4, -0.2) is 18.0 Å². The summed E-state index contributed by atoms with van der Waals surface area (Å²) in [7, 11) is 1.15. The van der Waals surface area contributed by atoms with E-state index >= 15 is 0 Å². The fourth-order valence-corrected chi connectivity index (χ4v) is 1.13. The molecule has 1 amide bonds. The van der Waals surface area contributed by atoms with Crippen LogP contribution >= 0.6 is 0 Å². The van der Waals surface area contributed by atoms with Crippen LogP contribution in [0.25, 0.3) is 0 Å². The van der Waals surface area contributed by atoms with E-state index in [-0.39, 0.29) is 17.1 Å². The Bertz CT molecular complexity index is 396. The summed E-state index contributed by atoms with van der Waals surface area (Å²) < 4.78 is 29.8. The topological polar surface area (TPSA) is 91.2 Å². The highest BCUT2D eigenvalue weighted by molar-refractivity contribution is 5.96. The standard InChI is InChI=1S/C8H9F2N3O2/c1-15-5-3(8(12)14)2-13-7(11)4(5)6(9)10/h2,6H,1H3,(H2,11,13)(H2,12,14). The number of carbonyl (C=O) groups excluding carboxylic acids is 1. The van der Waals surface area contributed by atoms with E-state index in [1.165, 1.54) is 0 Å². The number of nitrogens with two attached hydrogens (primary N) is 2. The summed E-state index contributed by atoms with van der Waals surface area (Å²) in [6.45, 7) is 0. The molecule has 0 radical (unpaired) electrons. The van der Waals surface area contributed by atoms with E-state index in [1.807, 2.05) is 0 Å². The van der Waals surface area contributed by atoms with Gasteiger partial charge in [0.2, 0.25) is 0 Å². The van der Waals surface area contributed by atoms with Gasteiger partial charge in [-0.1, -0.05) is 0 Å². The summed E-state index contributed by atoms with van der Waals surface area (Å²) in [5.41, 5.74) is 9.37. The Morgan fingerprint density at radius 3 is 2.60 bits per heavy atom. The molecular weight excluding hydrogens is 208 g/mol. The average molecular weight is 217 g/mol. The summed E-state index contributed by atoms with van der Waals surface area (Å²) in [4.78, 5) is 14.3. The van der Waals surface area contributed by atoms with Gasteiger partial charge in [-0.2, -0.15) is 0 Å². The molecule has 0 atom stereocenters. The van der Waals surface area contributed by atoms with E-state index < -0.39 is 17.9 Å². The third-order valence-electron chi connectivity index (χ3n) is 1.79. The fraction of sp³-hybridized carbons (Fsp3) is 0.250. The van der Waals surface area contributed by atoms with E-state index in [0.717, 1.165) is 13.3 Å². The van der Waals surface area contributed by atoms with Gasteiger partial charge in [0.05, 0.1) is 7.11 Å². The molecule has 4 N–H and O–H groups in total. The fourth-order valence-electron chi connectivity index (χ4n) is 1.13. The highest BCUT2D eigenvalue weighted by Crippen LogP contribution is 2.34. The second kappa shape index (κ2) is 4.07. The van der Waals surface area contributed by atoms with Crippen LogP contribution in [0.2, 0.25) is 0 Å². The molecule has 0 spiro atoms. The third kappa shape index (κ3) is 1.95. The quantitative estimate of drug-likeness (QED) is 0.779. The summed E-state index contributed by atoms with van der Waals surface area (Å²) in [6.07, 6.45) is -1.88. The molecule has 1 heterocycles. The van der Waals surface area contributed by atoms with Crippen LogP contribution in [0.4, 0.5) is 14.6 Å². The van der Waals surface area contributed by atoms with Crippen molar-refractivity contribution in [3.63, 3.8) is 0 Å². The molecule has 0 aliphatic carbocycles. The minimum absolute atomic E-state index is 0.220. The molecule has 0 fully saturated rings. The molecule has 7 heteroatoms. The number of carbonyl (C=O) groups is 1. The second-order valence-electron chi connectivity index (χ2n) is 2.67. The van der Waals surface area contributed by atoms with Crippen molar-refractivity contribution in [2.45, 2.75) is 6.43 Å². The SMILES string of the molecule is COc1c(C(N)=O)cnc(N)c1C(F)F. The van der Waals surface area contributed by atoms with Gasteiger partial charge in [0.25, 0.3) is 12.3 Å².